The highest BCUT2D eigenvalue weighted by Crippen LogP contribution is 2.61. The van der Waals surface area contributed by atoms with Crippen LogP contribution in [0.4, 0.5) is 5.69 Å². The summed E-state index contributed by atoms with van der Waals surface area (Å²) in [7, 11) is 0. The van der Waals surface area contributed by atoms with Crippen molar-refractivity contribution in [2.75, 3.05) is 4.90 Å². The molecule has 0 spiro atoms. The molecule has 0 saturated carbocycles. The van der Waals surface area contributed by atoms with Crippen molar-refractivity contribution in [3.63, 3.8) is 0 Å². The summed E-state index contributed by atoms with van der Waals surface area (Å²) in [4.78, 5) is 29.4. The number of aryl methyl sites for hydroxylation is 1. The Balaban J connectivity index is 1.56. The zero-order chi connectivity index (χ0) is 23.2. The van der Waals surface area contributed by atoms with Crippen molar-refractivity contribution in [1.29, 1.82) is 0 Å². The number of halogens is 1. The quantitative estimate of drug-likeness (QED) is 0.265. The zero-order valence-electron chi connectivity index (χ0n) is 19.2. The predicted molar refractivity (Wildman–Crippen MR) is 139 cm³/mol. The van der Waals surface area contributed by atoms with E-state index in [-0.39, 0.29) is 40.9 Å². The first-order valence-electron chi connectivity index (χ1n) is 11.6. The molecule has 7 rings (SSSR count). The minimum atomic E-state index is -0.348. The molecular weight excluding hydrogens is 521 g/mol. The number of carbonyl (C=O) groups excluding carboxylic acids is 2. The molecule has 2 bridgehead atoms. The third-order valence-corrected chi connectivity index (χ3v) is 8.48. The fourth-order valence-electron chi connectivity index (χ4n) is 6.30. The van der Waals surface area contributed by atoms with E-state index in [4.69, 9.17) is 0 Å². The maximum Gasteiger partial charge on any atom is 0.238 e. The summed E-state index contributed by atoms with van der Waals surface area (Å²) < 4.78 is 1.10. The van der Waals surface area contributed by atoms with Crippen LogP contribution >= 0.6 is 22.6 Å². The van der Waals surface area contributed by atoms with Gasteiger partial charge in [0.05, 0.1) is 17.5 Å². The second kappa shape index (κ2) is 7.02. The average Bonchev–Trinajstić information content (AvgIpc) is 3.04. The molecule has 1 saturated heterocycles. The van der Waals surface area contributed by atoms with E-state index in [1.165, 1.54) is 32.7 Å². The Hall–Kier alpha value is -2.47. The number of anilines is 1. The highest BCUT2D eigenvalue weighted by molar-refractivity contribution is 14.1. The maximum absolute atomic E-state index is 14.0. The first kappa shape index (κ1) is 21.1. The second-order valence-electron chi connectivity index (χ2n) is 10.7. The topological polar surface area (TPSA) is 37.4 Å². The van der Waals surface area contributed by atoms with E-state index < -0.39 is 0 Å². The molecule has 0 N–H and O–H groups in total. The minimum Gasteiger partial charge on any atom is -0.274 e. The number of amides is 2. The molecule has 0 aromatic heterocycles. The molecule has 3 aromatic carbocycles. The molecule has 4 heteroatoms. The summed E-state index contributed by atoms with van der Waals surface area (Å²) in [5.74, 6) is -0.956. The first-order chi connectivity index (χ1) is 15.7. The number of imide groups is 1. The van der Waals surface area contributed by atoms with E-state index in [2.05, 4.69) is 85.8 Å². The third-order valence-electron chi connectivity index (χ3n) is 7.81. The molecule has 4 aliphatic rings. The highest BCUT2D eigenvalue weighted by Gasteiger charge is 2.62. The first-order valence-corrected chi connectivity index (χ1v) is 12.6. The molecule has 3 aromatic rings. The van der Waals surface area contributed by atoms with Crippen molar-refractivity contribution in [2.45, 2.75) is 44.9 Å². The van der Waals surface area contributed by atoms with Gasteiger partial charge >= 0.3 is 0 Å². The van der Waals surface area contributed by atoms with Gasteiger partial charge in [-0.3, -0.25) is 9.59 Å². The number of nitrogens with zero attached hydrogens (tertiary/aromatic N) is 1. The van der Waals surface area contributed by atoms with Gasteiger partial charge in [0.1, 0.15) is 0 Å². The Morgan fingerprint density at radius 3 is 1.91 bits per heavy atom. The molecule has 3 aliphatic carbocycles. The van der Waals surface area contributed by atoms with Crippen molar-refractivity contribution in [1.82, 2.24) is 0 Å². The highest BCUT2D eigenvalue weighted by atomic mass is 127. The van der Waals surface area contributed by atoms with E-state index in [9.17, 15) is 9.59 Å². The molecule has 166 valence electrons. The lowest BCUT2D eigenvalue weighted by atomic mass is 9.54. The van der Waals surface area contributed by atoms with Gasteiger partial charge in [-0.2, -0.15) is 0 Å². The number of hydrogen-bond acceptors (Lipinski definition) is 2. The van der Waals surface area contributed by atoms with Gasteiger partial charge in [0.2, 0.25) is 11.8 Å². The zero-order valence-corrected chi connectivity index (χ0v) is 21.4. The maximum atomic E-state index is 14.0. The van der Waals surface area contributed by atoms with Gasteiger partial charge < -0.3 is 0 Å². The molecule has 3 nitrogen and oxygen atoms in total. The van der Waals surface area contributed by atoms with Gasteiger partial charge in [-0.25, -0.2) is 4.90 Å². The fourth-order valence-corrected chi connectivity index (χ4v) is 6.95. The molecule has 1 heterocycles. The molecule has 2 amide bonds. The standard InChI is InChI=1S/C29H26INO2/c1-15-13-17(30)10-12-22(15)31-27(32)25-23-18-7-5-6-8-19(18)24(26(25)28(31)33)21-14-16(29(2,3)4)9-11-20(21)23/h5-14,23-26H,1-4H3. The summed E-state index contributed by atoms with van der Waals surface area (Å²) in [6.07, 6.45) is 0. The van der Waals surface area contributed by atoms with Crippen molar-refractivity contribution in [3.8, 4) is 0 Å². The number of carbonyl (C=O) groups is 2. The number of rotatable bonds is 1. The van der Waals surface area contributed by atoms with E-state index in [1.807, 2.05) is 25.1 Å². The van der Waals surface area contributed by atoms with Crippen molar-refractivity contribution >= 4 is 40.1 Å². The third kappa shape index (κ3) is 2.86. The van der Waals surface area contributed by atoms with Crippen LogP contribution in [0.2, 0.25) is 0 Å². The van der Waals surface area contributed by atoms with Crippen LogP contribution in [0.3, 0.4) is 0 Å². The van der Waals surface area contributed by atoms with Gasteiger partial charge in [0, 0.05) is 15.4 Å². The van der Waals surface area contributed by atoms with Gasteiger partial charge in [-0.15, -0.1) is 0 Å². The van der Waals surface area contributed by atoms with Crippen LogP contribution in [0.1, 0.15) is 66.0 Å². The van der Waals surface area contributed by atoms with Gasteiger partial charge in [-0.1, -0.05) is 63.2 Å². The van der Waals surface area contributed by atoms with Crippen molar-refractivity contribution in [2.24, 2.45) is 11.8 Å². The largest absolute Gasteiger partial charge is 0.274 e. The number of hydrogen-bond donors (Lipinski definition) is 0. The Morgan fingerprint density at radius 2 is 1.33 bits per heavy atom. The summed E-state index contributed by atoms with van der Waals surface area (Å²) in [5.41, 5.74) is 7.84. The van der Waals surface area contributed by atoms with E-state index in [0.717, 1.165) is 14.8 Å². The molecule has 1 aliphatic heterocycles. The van der Waals surface area contributed by atoms with Gasteiger partial charge in [-0.05, 0) is 86.5 Å². The minimum absolute atomic E-state index is 0.0183. The summed E-state index contributed by atoms with van der Waals surface area (Å²) in [6, 6.07) is 21.1. The average molecular weight is 547 g/mol. The molecule has 1 fully saturated rings. The van der Waals surface area contributed by atoms with Crippen LogP contribution < -0.4 is 4.90 Å². The number of benzene rings is 3. The normalized spacial score (nSPS) is 25.2. The molecule has 33 heavy (non-hydrogen) atoms. The Kier molecular flexibility index (Phi) is 4.48. The van der Waals surface area contributed by atoms with E-state index >= 15 is 0 Å². The van der Waals surface area contributed by atoms with Crippen LogP contribution in [0.15, 0.2) is 60.7 Å². The Morgan fingerprint density at radius 1 is 0.758 bits per heavy atom. The summed E-state index contributed by atoms with van der Waals surface area (Å²) >= 11 is 2.27. The fraction of sp³-hybridized carbons (Fsp3) is 0.310. The summed E-state index contributed by atoms with van der Waals surface area (Å²) in [6.45, 7) is 8.64. The Labute approximate surface area is 208 Å². The second-order valence-corrected chi connectivity index (χ2v) is 11.9. The smallest absolute Gasteiger partial charge is 0.238 e. The lowest BCUT2D eigenvalue weighted by molar-refractivity contribution is -0.122. The van der Waals surface area contributed by atoms with Gasteiger partial charge in [0.25, 0.3) is 0 Å². The summed E-state index contributed by atoms with van der Waals surface area (Å²) in [5, 5.41) is 0. The van der Waals surface area contributed by atoms with Gasteiger partial charge in [0.15, 0.2) is 0 Å². The van der Waals surface area contributed by atoms with Crippen LogP contribution in [-0.2, 0) is 15.0 Å². The van der Waals surface area contributed by atoms with E-state index in [1.54, 1.807) is 0 Å². The molecular formula is C29H26INO2. The van der Waals surface area contributed by atoms with Crippen LogP contribution in [0, 0.1) is 22.3 Å². The predicted octanol–water partition coefficient (Wildman–Crippen LogP) is 6.29. The van der Waals surface area contributed by atoms with Crippen molar-refractivity contribution < 1.29 is 9.59 Å². The monoisotopic (exact) mass is 547 g/mol. The molecule has 4 atom stereocenters. The lowest BCUT2D eigenvalue weighted by Gasteiger charge is -2.46. The Bertz CT molecular complexity index is 1350. The van der Waals surface area contributed by atoms with Crippen LogP contribution in [0.25, 0.3) is 0 Å². The van der Waals surface area contributed by atoms with Crippen LogP contribution in [0.5, 0.6) is 0 Å². The SMILES string of the molecule is Cc1cc(I)ccc1N1C(=O)C2C3c4ccccc4C(c4cc(C(C)(C)C)ccc43)C2C1=O. The molecule has 0 radical (unpaired) electrons. The lowest BCUT2D eigenvalue weighted by Crippen LogP contribution is -2.41. The van der Waals surface area contributed by atoms with E-state index in [0.29, 0.717) is 0 Å². The van der Waals surface area contributed by atoms with Crippen LogP contribution in [-0.4, -0.2) is 11.8 Å². The molecule has 4 unspecified atom stereocenters. The van der Waals surface area contributed by atoms with Crippen molar-refractivity contribution in [3.05, 3.63) is 97.6 Å².